The van der Waals surface area contributed by atoms with Crippen LogP contribution in [0.15, 0.2) is 24.3 Å². The molecule has 23 heavy (non-hydrogen) atoms. The third kappa shape index (κ3) is 3.88. The maximum atomic E-state index is 12.6. The first-order chi connectivity index (χ1) is 10.9. The highest BCUT2D eigenvalue weighted by Crippen LogP contribution is 2.19. The number of hydrogen-bond acceptors (Lipinski definition) is 3. The van der Waals surface area contributed by atoms with Crippen LogP contribution in [0.4, 0.5) is 0 Å². The molecule has 1 heterocycles. The Kier molecular flexibility index (Phi) is 5.36. The lowest BCUT2D eigenvalue weighted by Gasteiger charge is -2.30. The van der Waals surface area contributed by atoms with Crippen molar-refractivity contribution in [2.24, 2.45) is 5.92 Å². The first kappa shape index (κ1) is 17.0. The van der Waals surface area contributed by atoms with Crippen molar-refractivity contribution in [3.63, 3.8) is 0 Å². The highest BCUT2D eigenvalue weighted by Gasteiger charge is 2.28. The van der Waals surface area contributed by atoms with Crippen molar-refractivity contribution in [2.75, 3.05) is 26.7 Å². The monoisotopic (exact) mass is 318 g/mol. The third-order valence-electron chi connectivity index (χ3n) is 4.24. The van der Waals surface area contributed by atoms with Crippen LogP contribution >= 0.6 is 0 Å². The number of carboxylic acid groups (broad SMARTS) is 1. The van der Waals surface area contributed by atoms with Crippen molar-refractivity contribution in [3.8, 4) is 0 Å². The molecule has 1 N–H and O–H groups in total. The van der Waals surface area contributed by atoms with E-state index >= 15 is 0 Å². The van der Waals surface area contributed by atoms with E-state index in [-0.39, 0.29) is 18.4 Å². The predicted molar refractivity (Wildman–Crippen MR) is 85.3 cm³/mol. The maximum Gasteiger partial charge on any atom is 0.308 e. The Morgan fingerprint density at radius 3 is 2.65 bits per heavy atom. The van der Waals surface area contributed by atoms with Crippen LogP contribution in [-0.2, 0) is 4.79 Å². The normalized spacial score (nSPS) is 17.7. The van der Waals surface area contributed by atoms with Gasteiger partial charge in [-0.2, -0.15) is 0 Å². The molecule has 0 bridgehead atoms. The van der Waals surface area contributed by atoms with Crippen molar-refractivity contribution in [1.29, 1.82) is 0 Å². The van der Waals surface area contributed by atoms with E-state index in [1.165, 1.54) is 0 Å². The van der Waals surface area contributed by atoms with Gasteiger partial charge in [-0.1, -0.05) is 6.07 Å². The number of carboxylic acids is 1. The Hall–Kier alpha value is -2.37. The highest BCUT2D eigenvalue weighted by atomic mass is 16.4. The Morgan fingerprint density at radius 2 is 2.00 bits per heavy atom. The Balaban J connectivity index is 2.16. The molecule has 2 amide bonds. The molecule has 2 rings (SSSR count). The van der Waals surface area contributed by atoms with Crippen LogP contribution in [-0.4, -0.2) is 59.4 Å². The Bertz CT molecular complexity index is 614. The maximum absolute atomic E-state index is 12.6. The van der Waals surface area contributed by atoms with Gasteiger partial charge in [0.15, 0.2) is 0 Å². The average Bonchev–Trinajstić information content (AvgIpc) is 2.59. The number of rotatable bonds is 4. The van der Waals surface area contributed by atoms with Gasteiger partial charge in [0.2, 0.25) is 0 Å². The van der Waals surface area contributed by atoms with E-state index in [0.29, 0.717) is 37.1 Å². The molecule has 1 aromatic carbocycles. The summed E-state index contributed by atoms with van der Waals surface area (Å²) in [5.41, 5.74) is 0.887. The third-order valence-corrected chi connectivity index (χ3v) is 4.24. The summed E-state index contributed by atoms with van der Waals surface area (Å²) in [5, 5.41) is 9.13. The summed E-state index contributed by atoms with van der Waals surface area (Å²) in [5.74, 6) is -1.73. The molecule has 0 radical (unpaired) electrons. The van der Waals surface area contributed by atoms with Gasteiger partial charge in [0.05, 0.1) is 5.92 Å². The molecule has 124 valence electrons. The van der Waals surface area contributed by atoms with Gasteiger partial charge >= 0.3 is 5.97 Å². The molecule has 0 spiro atoms. The molecule has 0 aromatic heterocycles. The van der Waals surface area contributed by atoms with Crippen molar-refractivity contribution in [3.05, 3.63) is 35.4 Å². The fraction of sp³-hybridized carbons (Fsp3) is 0.471. The summed E-state index contributed by atoms with van der Waals surface area (Å²) in [6.45, 7) is 3.24. The Labute approximate surface area is 135 Å². The fourth-order valence-corrected chi connectivity index (χ4v) is 2.69. The second-order valence-electron chi connectivity index (χ2n) is 5.83. The number of piperidine rings is 1. The summed E-state index contributed by atoms with van der Waals surface area (Å²) >= 11 is 0. The van der Waals surface area contributed by atoms with Gasteiger partial charge in [0.1, 0.15) is 0 Å². The van der Waals surface area contributed by atoms with Gasteiger partial charge in [-0.15, -0.1) is 0 Å². The fourth-order valence-electron chi connectivity index (χ4n) is 2.69. The number of nitrogens with zero attached hydrogens (tertiary/aromatic N) is 2. The number of carbonyl (C=O) groups excluding carboxylic acids is 2. The van der Waals surface area contributed by atoms with E-state index < -0.39 is 11.9 Å². The van der Waals surface area contributed by atoms with Crippen LogP contribution in [0.5, 0.6) is 0 Å². The smallest absolute Gasteiger partial charge is 0.308 e. The quantitative estimate of drug-likeness (QED) is 0.917. The molecule has 6 heteroatoms. The van der Waals surface area contributed by atoms with E-state index in [0.717, 1.165) is 0 Å². The first-order valence-electron chi connectivity index (χ1n) is 7.81. The molecule has 1 saturated heterocycles. The second-order valence-corrected chi connectivity index (χ2v) is 5.83. The second kappa shape index (κ2) is 7.26. The number of hydrogen-bond donors (Lipinski definition) is 1. The molecule has 0 aliphatic carbocycles. The van der Waals surface area contributed by atoms with Gasteiger partial charge in [-0.25, -0.2) is 0 Å². The SMILES string of the molecule is CCN(C)C(=O)c1cccc(C(=O)N2CCC[C@@H](C(=O)O)C2)c1. The topological polar surface area (TPSA) is 77.9 Å². The number of amides is 2. The summed E-state index contributed by atoms with van der Waals surface area (Å²) in [7, 11) is 1.71. The summed E-state index contributed by atoms with van der Waals surface area (Å²) in [6.07, 6.45) is 1.28. The van der Waals surface area contributed by atoms with Crippen LogP contribution in [0.1, 0.15) is 40.5 Å². The highest BCUT2D eigenvalue weighted by molar-refractivity contribution is 5.99. The first-order valence-corrected chi connectivity index (χ1v) is 7.81. The van der Waals surface area contributed by atoms with Crippen LogP contribution < -0.4 is 0 Å². The van der Waals surface area contributed by atoms with Crippen molar-refractivity contribution < 1.29 is 19.5 Å². The molecular weight excluding hydrogens is 296 g/mol. The van der Waals surface area contributed by atoms with E-state index in [1.807, 2.05) is 6.92 Å². The molecule has 1 aromatic rings. The van der Waals surface area contributed by atoms with Gasteiger partial charge in [0.25, 0.3) is 11.8 Å². The minimum absolute atomic E-state index is 0.135. The Morgan fingerprint density at radius 1 is 1.30 bits per heavy atom. The van der Waals surface area contributed by atoms with E-state index in [9.17, 15) is 14.4 Å². The lowest BCUT2D eigenvalue weighted by Crippen LogP contribution is -2.42. The minimum Gasteiger partial charge on any atom is -0.481 e. The zero-order chi connectivity index (χ0) is 17.0. The van der Waals surface area contributed by atoms with Crippen molar-refractivity contribution in [1.82, 2.24) is 9.80 Å². The van der Waals surface area contributed by atoms with Crippen molar-refractivity contribution in [2.45, 2.75) is 19.8 Å². The van der Waals surface area contributed by atoms with Gasteiger partial charge < -0.3 is 14.9 Å². The average molecular weight is 318 g/mol. The molecular formula is C17H22N2O4. The molecule has 1 aliphatic heterocycles. The van der Waals surface area contributed by atoms with E-state index in [4.69, 9.17) is 5.11 Å². The van der Waals surface area contributed by atoms with Gasteiger partial charge in [0, 0.05) is 37.8 Å². The van der Waals surface area contributed by atoms with Crippen molar-refractivity contribution >= 4 is 17.8 Å². The molecule has 0 saturated carbocycles. The van der Waals surface area contributed by atoms with Crippen LogP contribution in [0.25, 0.3) is 0 Å². The lowest BCUT2D eigenvalue weighted by molar-refractivity contribution is -0.143. The number of carbonyl (C=O) groups is 3. The largest absolute Gasteiger partial charge is 0.481 e. The molecule has 0 unspecified atom stereocenters. The molecule has 1 atom stereocenters. The summed E-state index contributed by atoms with van der Waals surface area (Å²) in [6, 6.07) is 6.61. The summed E-state index contributed by atoms with van der Waals surface area (Å²) < 4.78 is 0. The molecule has 1 aliphatic rings. The number of benzene rings is 1. The molecule has 6 nitrogen and oxygen atoms in total. The number of aliphatic carboxylic acids is 1. The van der Waals surface area contributed by atoms with Gasteiger partial charge in [-0.05, 0) is 38.0 Å². The van der Waals surface area contributed by atoms with E-state index in [2.05, 4.69) is 0 Å². The predicted octanol–water partition coefficient (Wildman–Crippen LogP) is 1.72. The minimum atomic E-state index is -0.865. The lowest BCUT2D eigenvalue weighted by atomic mass is 9.97. The summed E-state index contributed by atoms with van der Waals surface area (Å²) in [4.78, 5) is 39.0. The zero-order valence-electron chi connectivity index (χ0n) is 13.5. The standard InChI is InChI=1S/C17H22N2O4/c1-3-18(2)15(20)12-6-4-7-13(10-12)16(21)19-9-5-8-14(11-19)17(22)23/h4,6-7,10,14H,3,5,8-9,11H2,1-2H3,(H,22,23)/t14-/m1/s1. The van der Waals surface area contributed by atoms with Crippen LogP contribution in [0.2, 0.25) is 0 Å². The van der Waals surface area contributed by atoms with Crippen LogP contribution in [0, 0.1) is 5.92 Å². The zero-order valence-corrected chi connectivity index (χ0v) is 13.5. The van der Waals surface area contributed by atoms with Gasteiger partial charge in [-0.3, -0.25) is 14.4 Å². The molecule has 1 fully saturated rings. The van der Waals surface area contributed by atoms with E-state index in [1.54, 1.807) is 41.1 Å². The number of likely N-dealkylation sites (tertiary alicyclic amines) is 1. The van der Waals surface area contributed by atoms with Crippen LogP contribution in [0.3, 0.4) is 0 Å².